The number of alkyl carbamates (subject to hydrolysis) is 1. The van der Waals surface area contributed by atoms with E-state index in [1.807, 2.05) is 32.6 Å². The van der Waals surface area contributed by atoms with Crippen molar-refractivity contribution in [2.45, 2.75) is 51.9 Å². The zero-order valence-electron chi connectivity index (χ0n) is 18.6. The van der Waals surface area contributed by atoms with Crippen LogP contribution in [0.15, 0.2) is 29.3 Å². The minimum absolute atomic E-state index is 0. The molecule has 0 spiro atoms. The van der Waals surface area contributed by atoms with Crippen LogP contribution in [0.25, 0.3) is 0 Å². The summed E-state index contributed by atoms with van der Waals surface area (Å²) in [5, 5.41) is 16.3. The van der Waals surface area contributed by atoms with E-state index < -0.39 is 17.8 Å². The van der Waals surface area contributed by atoms with Gasteiger partial charge >= 0.3 is 6.09 Å². The second-order valence-electron chi connectivity index (χ2n) is 8.19. The number of guanidine groups is 1. The fraction of sp³-hybridized carbons (Fsp3) is 0.619. The van der Waals surface area contributed by atoms with Crippen LogP contribution >= 0.6 is 24.0 Å². The second-order valence-corrected chi connectivity index (χ2v) is 8.19. The number of benzene rings is 1. The molecule has 0 aromatic heterocycles. The van der Waals surface area contributed by atoms with Gasteiger partial charge in [0.25, 0.3) is 0 Å². The second kappa shape index (κ2) is 12.9. The Morgan fingerprint density at radius 1 is 1.35 bits per heavy atom. The van der Waals surface area contributed by atoms with Gasteiger partial charge in [-0.1, -0.05) is 0 Å². The number of nitrogens with one attached hydrogen (secondary N) is 2. The highest BCUT2D eigenvalue weighted by Crippen LogP contribution is 2.13. The largest absolute Gasteiger partial charge is 0.491 e. The summed E-state index contributed by atoms with van der Waals surface area (Å²) in [7, 11) is 0. The van der Waals surface area contributed by atoms with Crippen molar-refractivity contribution < 1.29 is 23.8 Å². The molecule has 1 aromatic carbocycles. The van der Waals surface area contributed by atoms with Crippen LogP contribution in [0.4, 0.5) is 9.18 Å². The lowest BCUT2D eigenvalue weighted by Gasteiger charge is -2.23. The first-order valence-electron chi connectivity index (χ1n) is 10.3. The van der Waals surface area contributed by atoms with Gasteiger partial charge in [0.2, 0.25) is 0 Å². The number of amides is 1. The lowest BCUT2D eigenvalue weighted by Crippen LogP contribution is -2.44. The Kier molecular flexibility index (Phi) is 11.3. The molecule has 1 saturated heterocycles. The van der Waals surface area contributed by atoms with E-state index in [0.29, 0.717) is 24.8 Å². The summed E-state index contributed by atoms with van der Waals surface area (Å²) in [5.41, 5.74) is -0.537. The molecule has 0 radical (unpaired) electrons. The molecule has 0 aliphatic carbocycles. The highest BCUT2D eigenvalue weighted by atomic mass is 127. The molecule has 2 atom stereocenters. The maximum Gasteiger partial charge on any atom is 0.407 e. The van der Waals surface area contributed by atoms with Crippen LogP contribution in [0.1, 0.15) is 34.1 Å². The molecule has 2 rings (SSSR count). The third kappa shape index (κ3) is 10.4. The molecule has 8 nitrogen and oxygen atoms in total. The summed E-state index contributed by atoms with van der Waals surface area (Å²) in [6.07, 6.45) is -0.452. The van der Waals surface area contributed by atoms with Gasteiger partial charge in [0, 0.05) is 19.6 Å². The fourth-order valence-corrected chi connectivity index (χ4v) is 2.94. The van der Waals surface area contributed by atoms with Gasteiger partial charge in [0.15, 0.2) is 5.96 Å². The standard InChI is InChI=1S/C21H33FN4O4.HI/c1-5-23-19(24-12-17(27)14-29-18-8-6-15(22)7-9-18)26-11-10-16(13-26)25-20(28)30-21(2,3)4;/h6-9,16-17,27H,5,10-14H2,1-4H3,(H,23,24)(H,25,28);1H. The lowest BCUT2D eigenvalue weighted by atomic mass is 10.2. The smallest absolute Gasteiger partial charge is 0.407 e. The number of rotatable bonds is 7. The van der Waals surface area contributed by atoms with Crippen LogP contribution in [0.2, 0.25) is 0 Å². The van der Waals surface area contributed by atoms with Crippen molar-refractivity contribution in [3.63, 3.8) is 0 Å². The van der Waals surface area contributed by atoms with E-state index in [-0.39, 0.29) is 49.0 Å². The number of carbonyl (C=O) groups is 1. The zero-order chi connectivity index (χ0) is 22.1. The van der Waals surface area contributed by atoms with E-state index in [0.717, 1.165) is 13.0 Å². The monoisotopic (exact) mass is 552 g/mol. The van der Waals surface area contributed by atoms with Crippen molar-refractivity contribution in [3.8, 4) is 5.75 Å². The van der Waals surface area contributed by atoms with Crippen LogP contribution in [0, 0.1) is 5.82 Å². The summed E-state index contributed by atoms with van der Waals surface area (Å²) >= 11 is 0. The molecule has 2 unspecified atom stereocenters. The van der Waals surface area contributed by atoms with E-state index in [2.05, 4.69) is 15.6 Å². The first-order valence-corrected chi connectivity index (χ1v) is 10.3. The van der Waals surface area contributed by atoms with Gasteiger partial charge in [-0.15, -0.1) is 24.0 Å². The van der Waals surface area contributed by atoms with E-state index >= 15 is 0 Å². The van der Waals surface area contributed by atoms with E-state index in [1.165, 1.54) is 24.3 Å². The van der Waals surface area contributed by atoms with Gasteiger partial charge in [-0.2, -0.15) is 0 Å². The summed E-state index contributed by atoms with van der Waals surface area (Å²) in [6.45, 7) is 9.68. The fourth-order valence-electron chi connectivity index (χ4n) is 2.94. The van der Waals surface area contributed by atoms with Crippen LogP contribution in [-0.2, 0) is 4.74 Å². The van der Waals surface area contributed by atoms with Gasteiger partial charge in [-0.3, -0.25) is 4.99 Å². The lowest BCUT2D eigenvalue weighted by molar-refractivity contribution is 0.0507. The molecule has 1 amide bonds. The highest BCUT2D eigenvalue weighted by Gasteiger charge is 2.28. The van der Waals surface area contributed by atoms with E-state index in [4.69, 9.17) is 9.47 Å². The van der Waals surface area contributed by atoms with Crippen molar-refractivity contribution in [3.05, 3.63) is 30.1 Å². The van der Waals surface area contributed by atoms with Crippen LogP contribution in [-0.4, -0.2) is 72.6 Å². The number of carbonyl (C=O) groups excluding carboxylic acids is 1. The first kappa shape index (κ1) is 27.2. The quantitative estimate of drug-likeness (QED) is 0.274. The molecule has 1 fully saturated rings. The normalized spacial score (nSPS) is 17.5. The van der Waals surface area contributed by atoms with Crippen LogP contribution in [0.3, 0.4) is 0 Å². The molecule has 176 valence electrons. The predicted octanol–water partition coefficient (Wildman–Crippen LogP) is 2.75. The van der Waals surface area contributed by atoms with Gasteiger partial charge < -0.3 is 30.1 Å². The number of hydrogen-bond donors (Lipinski definition) is 3. The Labute approximate surface area is 200 Å². The molecule has 10 heteroatoms. The molecule has 1 aromatic rings. The van der Waals surface area contributed by atoms with Gasteiger partial charge in [-0.05, 0) is 58.4 Å². The molecular formula is C21H34FIN4O4. The SMILES string of the molecule is CCNC(=NCC(O)COc1ccc(F)cc1)N1CCC(NC(=O)OC(C)(C)C)C1.I. The van der Waals surface area contributed by atoms with Crippen molar-refractivity contribution >= 4 is 36.0 Å². The average Bonchev–Trinajstić information content (AvgIpc) is 3.11. The number of aliphatic hydroxyl groups excluding tert-OH is 1. The topological polar surface area (TPSA) is 95.4 Å². The minimum Gasteiger partial charge on any atom is -0.491 e. The van der Waals surface area contributed by atoms with Crippen molar-refractivity contribution in [2.24, 2.45) is 4.99 Å². The Balaban J connectivity index is 0.00000480. The Bertz CT molecular complexity index is 712. The molecule has 1 aliphatic heterocycles. The van der Waals surface area contributed by atoms with E-state index in [1.54, 1.807) is 0 Å². The third-order valence-electron chi connectivity index (χ3n) is 4.25. The number of ether oxygens (including phenoxy) is 2. The number of aliphatic hydroxyl groups is 1. The van der Waals surface area contributed by atoms with Crippen molar-refractivity contribution in [1.29, 1.82) is 0 Å². The number of halogens is 2. The molecule has 0 saturated carbocycles. The van der Waals surface area contributed by atoms with E-state index in [9.17, 15) is 14.3 Å². The molecule has 0 bridgehead atoms. The summed E-state index contributed by atoms with van der Waals surface area (Å²) < 4.78 is 23.7. The Hall–Kier alpha value is -1.82. The molecule has 3 N–H and O–H groups in total. The van der Waals surface area contributed by atoms with Crippen LogP contribution < -0.4 is 15.4 Å². The Morgan fingerprint density at radius 2 is 2.03 bits per heavy atom. The van der Waals surface area contributed by atoms with Gasteiger partial charge in [0.05, 0.1) is 12.6 Å². The predicted molar refractivity (Wildman–Crippen MR) is 129 cm³/mol. The maximum atomic E-state index is 12.9. The Morgan fingerprint density at radius 3 is 2.65 bits per heavy atom. The third-order valence-corrected chi connectivity index (χ3v) is 4.25. The number of aliphatic imine (C=N–C) groups is 1. The molecular weight excluding hydrogens is 518 g/mol. The summed E-state index contributed by atoms with van der Waals surface area (Å²) in [6, 6.07) is 5.60. The molecule has 1 heterocycles. The summed E-state index contributed by atoms with van der Waals surface area (Å²) in [4.78, 5) is 18.5. The first-order chi connectivity index (χ1) is 14.2. The maximum absolute atomic E-state index is 12.9. The molecule has 31 heavy (non-hydrogen) atoms. The zero-order valence-corrected chi connectivity index (χ0v) is 20.9. The average molecular weight is 552 g/mol. The van der Waals surface area contributed by atoms with Crippen molar-refractivity contribution in [2.75, 3.05) is 32.8 Å². The van der Waals surface area contributed by atoms with Crippen LogP contribution in [0.5, 0.6) is 5.75 Å². The summed E-state index contributed by atoms with van der Waals surface area (Å²) in [5.74, 6) is 0.821. The number of nitrogens with zero attached hydrogens (tertiary/aromatic N) is 2. The van der Waals surface area contributed by atoms with Crippen molar-refractivity contribution in [1.82, 2.24) is 15.5 Å². The number of hydrogen-bond acceptors (Lipinski definition) is 5. The minimum atomic E-state index is -0.804. The number of likely N-dealkylation sites (tertiary alicyclic amines) is 1. The highest BCUT2D eigenvalue weighted by molar-refractivity contribution is 14.0. The van der Waals surface area contributed by atoms with Gasteiger partial charge in [0.1, 0.15) is 29.9 Å². The molecule has 1 aliphatic rings. The van der Waals surface area contributed by atoms with Gasteiger partial charge in [-0.25, -0.2) is 9.18 Å².